The molecule has 106 valence electrons. The van der Waals surface area contributed by atoms with Crippen LogP contribution in [0.25, 0.3) is 11.4 Å². The first-order valence-corrected chi connectivity index (χ1v) is 6.52. The van der Waals surface area contributed by atoms with Gasteiger partial charge in [0, 0.05) is 18.5 Å². The highest BCUT2D eigenvalue weighted by molar-refractivity contribution is 5.76. The van der Waals surface area contributed by atoms with E-state index in [1.54, 1.807) is 0 Å². The van der Waals surface area contributed by atoms with Crippen molar-refractivity contribution in [3.05, 3.63) is 35.7 Å². The van der Waals surface area contributed by atoms with Crippen LogP contribution in [0.5, 0.6) is 0 Å². The highest BCUT2D eigenvalue weighted by Gasteiger charge is 2.08. The second kappa shape index (κ2) is 6.81. The SMILES string of the molecule is CCc1ccc(-c2noc(CCNC(=O)CO)n2)cc1. The summed E-state index contributed by atoms with van der Waals surface area (Å²) in [4.78, 5) is 15.1. The number of rotatable bonds is 6. The molecule has 0 unspecified atom stereocenters. The Balaban J connectivity index is 1.95. The highest BCUT2D eigenvalue weighted by atomic mass is 16.5. The van der Waals surface area contributed by atoms with Crippen LogP contribution in [0.4, 0.5) is 0 Å². The van der Waals surface area contributed by atoms with Crippen LogP contribution < -0.4 is 5.32 Å². The van der Waals surface area contributed by atoms with E-state index in [1.165, 1.54) is 5.56 Å². The van der Waals surface area contributed by atoms with Crippen LogP contribution in [0.3, 0.4) is 0 Å². The van der Waals surface area contributed by atoms with Gasteiger partial charge in [0.05, 0.1) is 0 Å². The van der Waals surface area contributed by atoms with Crippen molar-refractivity contribution in [2.75, 3.05) is 13.2 Å². The molecule has 2 N–H and O–H groups in total. The lowest BCUT2D eigenvalue weighted by Gasteiger charge is -1.99. The van der Waals surface area contributed by atoms with E-state index in [0.29, 0.717) is 24.7 Å². The Morgan fingerprint density at radius 1 is 1.35 bits per heavy atom. The van der Waals surface area contributed by atoms with Gasteiger partial charge in [0.15, 0.2) is 0 Å². The lowest BCUT2D eigenvalue weighted by molar-refractivity contribution is -0.123. The van der Waals surface area contributed by atoms with Gasteiger partial charge in [-0.3, -0.25) is 4.79 Å². The summed E-state index contributed by atoms with van der Waals surface area (Å²) in [5.74, 6) is 0.578. The number of amides is 1. The van der Waals surface area contributed by atoms with Gasteiger partial charge in [0.25, 0.3) is 0 Å². The topological polar surface area (TPSA) is 88.2 Å². The number of hydrogen-bond donors (Lipinski definition) is 2. The number of aryl methyl sites for hydroxylation is 1. The number of hydrogen-bond acceptors (Lipinski definition) is 5. The minimum absolute atomic E-state index is 0.357. The molecule has 0 saturated carbocycles. The monoisotopic (exact) mass is 275 g/mol. The Morgan fingerprint density at radius 3 is 2.75 bits per heavy atom. The maximum absolute atomic E-state index is 10.9. The predicted molar refractivity (Wildman–Crippen MR) is 72.9 cm³/mol. The fraction of sp³-hybridized carbons (Fsp3) is 0.357. The molecule has 0 aliphatic heterocycles. The Bertz CT molecular complexity index is 563. The van der Waals surface area contributed by atoms with Crippen LogP contribution >= 0.6 is 0 Å². The first kappa shape index (κ1) is 14.2. The lowest BCUT2D eigenvalue weighted by Crippen LogP contribution is -2.28. The Hall–Kier alpha value is -2.21. The van der Waals surface area contributed by atoms with Gasteiger partial charge >= 0.3 is 0 Å². The fourth-order valence-corrected chi connectivity index (χ4v) is 1.73. The molecular weight excluding hydrogens is 258 g/mol. The molecule has 2 rings (SSSR count). The molecule has 1 heterocycles. The van der Waals surface area contributed by atoms with Gasteiger partial charge < -0.3 is 14.9 Å². The van der Waals surface area contributed by atoms with Crippen molar-refractivity contribution in [2.45, 2.75) is 19.8 Å². The summed E-state index contributed by atoms with van der Waals surface area (Å²) in [5.41, 5.74) is 2.15. The zero-order chi connectivity index (χ0) is 14.4. The Kier molecular flexibility index (Phi) is 4.84. The van der Waals surface area contributed by atoms with Crippen molar-refractivity contribution in [1.29, 1.82) is 0 Å². The van der Waals surface area contributed by atoms with Crippen molar-refractivity contribution in [3.63, 3.8) is 0 Å². The summed E-state index contributed by atoms with van der Waals surface area (Å²) in [6.07, 6.45) is 1.42. The minimum Gasteiger partial charge on any atom is -0.387 e. The van der Waals surface area contributed by atoms with Gasteiger partial charge in [-0.15, -0.1) is 0 Å². The van der Waals surface area contributed by atoms with Crippen molar-refractivity contribution in [1.82, 2.24) is 15.5 Å². The Morgan fingerprint density at radius 2 is 2.10 bits per heavy atom. The van der Waals surface area contributed by atoms with Gasteiger partial charge in [-0.1, -0.05) is 36.3 Å². The zero-order valence-corrected chi connectivity index (χ0v) is 11.3. The maximum Gasteiger partial charge on any atom is 0.245 e. The first-order chi connectivity index (χ1) is 9.72. The quantitative estimate of drug-likeness (QED) is 0.819. The molecule has 0 aliphatic rings. The molecular formula is C14H17N3O3. The van der Waals surface area contributed by atoms with E-state index in [9.17, 15) is 4.79 Å². The molecule has 6 nitrogen and oxygen atoms in total. The number of carbonyl (C=O) groups is 1. The van der Waals surface area contributed by atoms with Gasteiger partial charge in [0.1, 0.15) is 6.61 Å². The molecule has 20 heavy (non-hydrogen) atoms. The molecule has 0 radical (unpaired) electrons. The average molecular weight is 275 g/mol. The third-order valence-corrected chi connectivity index (χ3v) is 2.89. The normalized spacial score (nSPS) is 10.5. The van der Waals surface area contributed by atoms with Gasteiger partial charge in [0.2, 0.25) is 17.6 Å². The zero-order valence-electron chi connectivity index (χ0n) is 11.3. The van der Waals surface area contributed by atoms with E-state index in [1.807, 2.05) is 24.3 Å². The van der Waals surface area contributed by atoms with Gasteiger partial charge in [-0.2, -0.15) is 4.98 Å². The van der Waals surface area contributed by atoms with Crippen LogP contribution in [0.2, 0.25) is 0 Å². The molecule has 0 spiro atoms. The summed E-state index contributed by atoms with van der Waals surface area (Å²) in [7, 11) is 0. The summed E-state index contributed by atoms with van der Waals surface area (Å²) in [6.45, 7) is 1.94. The lowest BCUT2D eigenvalue weighted by atomic mass is 10.1. The van der Waals surface area contributed by atoms with Crippen molar-refractivity contribution in [3.8, 4) is 11.4 Å². The van der Waals surface area contributed by atoms with Gasteiger partial charge in [-0.25, -0.2) is 0 Å². The van der Waals surface area contributed by atoms with E-state index < -0.39 is 12.5 Å². The largest absolute Gasteiger partial charge is 0.387 e. The summed E-state index contributed by atoms with van der Waals surface area (Å²) in [5, 5.41) is 15.0. The number of benzene rings is 1. The molecule has 1 aromatic heterocycles. The van der Waals surface area contributed by atoms with Crippen LogP contribution in [0.1, 0.15) is 18.4 Å². The third-order valence-electron chi connectivity index (χ3n) is 2.89. The molecule has 2 aromatic rings. The molecule has 0 bridgehead atoms. The average Bonchev–Trinajstić information content (AvgIpc) is 2.96. The van der Waals surface area contributed by atoms with E-state index in [2.05, 4.69) is 22.4 Å². The van der Waals surface area contributed by atoms with Crippen LogP contribution in [0, 0.1) is 0 Å². The standard InChI is InChI=1S/C14H17N3O3/c1-2-10-3-5-11(6-4-10)14-16-13(20-17-14)7-8-15-12(19)9-18/h3-6,18H,2,7-9H2,1H3,(H,15,19). The molecule has 0 saturated heterocycles. The molecule has 0 fully saturated rings. The Labute approximate surface area is 116 Å². The van der Waals surface area contributed by atoms with E-state index in [4.69, 9.17) is 9.63 Å². The molecule has 1 amide bonds. The number of nitrogens with one attached hydrogen (secondary N) is 1. The number of aromatic nitrogens is 2. The van der Waals surface area contributed by atoms with Crippen LogP contribution in [-0.4, -0.2) is 34.3 Å². The van der Waals surface area contributed by atoms with Crippen molar-refractivity contribution in [2.24, 2.45) is 0 Å². The second-order valence-corrected chi connectivity index (χ2v) is 4.32. The van der Waals surface area contributed by atoms with E-state index in [-0.39, 0.29) is 0 Å². The predicted octanol–water partition coefficient (Wildman–Crippen LogP) is 0.950. The fourth-order valence-electron chi connectivity index (χ4n) is 1.73. The number of nitrogens with zero attached hydrogens (tertiary/aromatic N) is 2. The van der Waals surface area contributed by atoms with E-state index >= 15 is 0 Å². The van der Waals surface area contributed by atoms with Gasteiger partial charge in [-0.05, 0) is 12.0 Å². The highest BCUT2D eigenvalue weighted by Crippen LogP contribution is 2.16. The summed E-state index contributed by atoms with van der Waals surface area (Å²) >= 11 is 0. The van der Waals surface area contributed by atoms with Crippen molar-refractivity contribution >= 4 is 5.91 Å². The maximum atomic E-state index is 10.9. The smallest absolute Gasteiger partial charge is 0.245 e. The molecule has 1 aromatic carbocycles. The van der Waals surface area contributed by atoms with Crippen LogP contribution in [-0.2, 0) is 17.6 Å². The second-order valence-electron chi connectivity index (χ2n) is 4.32. The first-order valence-electron chi connectivity index (χ1n) is 6.52. The molecule has 0 atom stereocenters. The van der Waals surface area contributed by atoms with Crippen molar-refractivity contribution < 1.29 is 14.4 Å². The number of aliphatic hydroxyl groups excluding tert-OH is 1. The molecule has 0 aliphatic carbocycles. The summed E-state index contributed by atoms with van der Waals surface area (Å²) < 4.78 is 5.12. The minimum atomic E-state index is -0.515. The number of carbonyl (C=O) groups excluding carboxylic acids is 1. The third kappa shape index (κ3) is 3.64. The number of aliphatic hydroxyl groups is 1. The van der Waals surface area contributed by atoms with Crippen LogP contribution in [0.15, 0.2) is 28.8 Å². The van der Waals surface area contributed by atoms with E-state index in [0.717, 1.165) is 12.0 Å². The molecule has 6 heteroatoms. The summed E-state index contributed by atoms with van der Waals surface area (Å²) in [6, 6.07) is 7.99.